The molecule has 1 aromatic heterocycles. The van der Waals surface area contributed by atoms with Crippen molar-refractivity contribution in [3.8, 4) is 5.75 Å². The molecule has 0 spiro atoms. The van der Waals surface area contributed by atoms with Crippen LogP contribution in [0.3, 0.4) is 0 Å². The number of allylic oxidation sites excluding steroid dienone is 1. The number of methoxy groups -OCH3 is 1. The number of carboxylic acid groups (broad SMARTS) is 1. The van der Waals surface area contributed by atoms with Gasteiger partial charge in [0, 0.05) is 0 Å². The van der Waals surface area contributed by atoms with Crippen molar-refractivity contribution >= 4 is 29.4 Å². The highest BCUT2D eigenvalue weighted by atomic mass is 32.1. The second kappa shape index (κ2) is 9.48. The molecule has 1 atom stereocenters. The fourth-order valence-corrected chi connectivity index (χ4v) is 4.81. The summed E-state index contributed by atoms with van der Waals surface area (Å²) in [6.07, 6.45) is 1.68. The van der Waals surface area contributed by atoms with Crippen LogP contribution in [0.4, 0.5) is 0 Å². The Morgan fingerprint density at radius 2 is 1.82 bits per heavy atom. The van der Waals surface area contributed by atoms with Crippen LogP contribution in [-0.2, 0) is 9.53 Å². The second-order valence-electron chi connectivity index (χ2n) is 7.50. The maximum Gasteiger partial charge on any atom is 0.338 e. The van der Waals surface area contributed by atoms with Crippen LogP contribution in [-0.4, -0.2) is 35.3 Å². The predicted molar refractivity (Wildman–Crippen MR) is 127 cm³/mol. The van der Waals surface area contributed by atoms with Crippen molar-refractivity contribution in [3.05, 3.63) is 96.2 Å². The molecule has 2 aromatic carbocycles. The Labute approximate surface area is 198 Å². The molecule has 0 unspecified atom stereocenters. The normalized spacial score (nSPS) is 15.5. The van der Waals surface area contributed by atoms with E-state index in [1.807, 2.05) is 12.1 Å². The average molecular weight is 479 g/mol. The van der Waals surface area contributed by atoms with Crippen LogP contribution in [0.15, 0.2) is 69.6 Å². The molecule has 34 heavy (non-hydrogen) atoms. The molecule has 1 N–H and O–H groups in total. The Balaban J connectivity index is 1.90. The number of nitrogens with zero attached hydrogens (tertiary/aromatic N) is 2. The number of ether oxygens (including phenoxy) is 2. The smallest absolute Gasteiger partial charge is 0.338 e. The lowest BCUT2D eigenvalue weighted by Gasteiger charge is -2.24. The molecule has 0 saturated carbocycles. The van der Waals surface area contributed by atoms with Gasteiger partial charge in [0.1, 0.15) is 5.75 Å². The first-order valence-electron chi connectivity index (χ1n) is 10.5. The van der Waals surface area contributed by atoms with Crippen LogP contribution in [0.1, 0.15) is 41.4 Å². The summed E-state index contributed by atoms with van der Waals surface area (Å²) in [5.41, 5.74) is 2.04. The standard InChI is InChI=1S/C25H22N2O6S/c1-4-33-24(31)20-14(2)26-25-27(21(20)16-9-11-18(32-3)12-10-16)22(28)19(34-25)13-15-5-7-17(8-6-15)23(29)30/h5-13,21H,4H2,1-3H3,(H,29,30)/b19-13+/t21-/m1/s1. The molecule has 0 bridgehead atoms. The highest BCUT2D eigenvalue weighted by molar-refractivity contribution is 7.07. The topological polar surface area (TPSA) is 107 Å². The number of fused-ring (bicyclic) bond motifs is 1. The summed E-state index contributed by atoms with van der Waals surface area (Å²) in [5.74, 6) is -0.894. The molecule has 9 heteroatoms. The Hall–Kier alpha value is -3.98. The number of carboxylic acids is 1. The van der Waals surface area contributed by atoms with Crippen LogP contribution >= 0.6 is 11.3 Å². The van der Waals surface area contributed by atoms with Crippen LogP contribution in [0.2, 0.25) is 0 Å². The summed E-state index contributed by atoms with van der Waals surface area (Å²) in [5, 5.41) is 9.10. The van der Waals surface area contributed by atoms with Gasteiger partial charge in [-0.1, -0.05) is 35.6 Å². The number of thiazole rings is 1. The van der Waals surface area contributed by atoms with E-state index >= 15 is 0 Å². The third-order valence-electron chi connectivity index (χ3n) is 5.40. The fourth-order valence-electron chi connectivity index (χ4n) is 3.77. The zero-order valence-electron chi connectivity index (χ0n) is 18.8. The number of hydrogen-bond donors (Lipinski definition) is 1. The van der Waals surface area contributed by atoms with Crippen molar-refractivity contribution in [2.24, 2.45) is 4.99 Å². The van der Waals surface area contributed by atoms with E-state index in [1.54, 1.807) is 51.3 Å². The molecule has 1 aliphatic rings. The lowest BCUT2D eigenvalue weighted by Crippen LogP contribution is -2.39. The van der Waals surface area contributed by atoms with Gasteiger partial charge in [-0.25, -0.2) is 14.6 Å². The Morgan fingerprint density at radius 3 is 2.41 bits per heavy atom. The summed E-state index contributed by atoms with van der Waals surface area (Å²) in [6.45, 7) is 3.65. The minimum absolute atomic E-state index is 0.160. The number of aromatic carboxylic acids is 1. The largest absolute Gasteiger partial charge is 0.497 e. The van der Waals surface area contributed by atoms with Gasteiger partial charge in [0.15, 0.2) is 4.80 Å². The number of benzene rings is 2. The number of esters is 1. The summed E-state index contributed by atoms with van der Waals surface area (Å²) in [7, 11) is 1.56. The van der Waals surface area contributed by atoms with Gasteiger partial charge >= 0.3 is 11.9 Å². The third-order valence-corrected chi connectivity index (χ3v) is 6.39. The van der Waals surface area contributed by atoms with Crippen molar-refractivity contribution < 1.29 is 24.2 Å². The first-order valence-corrected chi connectivity index (χ1v) is 11.3. The monoisotopic (exact) mass is 478 g/mol. The fraction of sp³-hybridized carbons (Fsp3) is 0.200. The molecular weight excluding hydrogens is 456 g/mol. The molecule has 0 aliphatic carbocycles. The number of rotatable bonds is 6. The van der Waals surface area contributed by atoms with Crippen molar-refractivity contribution in [2.45, 2.75) is 19.9 Å². The lowest BCUT2D eigenvalue weighted by molar-refractivity contribution is -0.139. The van der Waals surface area contributed by atoms with E-state index < -0.39 is 18.0 Å². The molecule has 2 heterocycles. The van der Waals surface area contributed by atoms with Crippen molar-refractivity contribution in [2.75, 3.05) is 13.7 Å². The molecular formula is C25H22N2O6S. The van der Waals surface area contributed by atoms with Gasteiger partial charge in [-0.3, -0.25) is 9.36 Å². The van der Waals surface area contributed by atoms with E-state index in [9.17, 15) is 14.4 Å². The maximum atomic E-state index is 13.5. The molecule has 0 fully saturated rings. The second-order valence-corrected chi connectivity index (χ2v) is 8.51. The van der Waals surface area contributed by atoms with Gasteiger partial charge in [0.25, 0.3) is 5.56 Å². The van der Waals surface area contributed by atoms with E-state index in [2.05, 4.69) is 4.99 Å². The minimum atomic E-state index is -1.02. The van der Waals surface area contributed by atoms with Crippen molar-refractivity contribution in [1.29, 1.82) is 0 Å². The minimum Gasteiger partial charge on any atom is -0.497 e. The Morgan fingerprint density at radius 1 is 1.15 bits per heavy atom. The van der Waals surface area contributed by atoms with Crippen molar-refractivity contribution in [1.82, 2.24) is 4.57 Å². The molecule has 8 nitrogen and oxygen atoms in total. The molecule has 4 rings (SSSR count). The zero-order chi connectivity index (χ0) is 24.4. The number of carbonyl (C=O) groups is 2. The van der Waals surface area contributed by atoms with Crippen LogP contribution in [0.5, 0.6) is 5.75 Å². The van der Waals surface area contributed by atoms with E-state index in [1.165, 1.54) is 28.0 Å². The summed E-state index contributed by atoms with van der Waals surface area (Å²) in [4.78, 5) is 42.5. The Bertz CT molecular complexity index is 1460. The van der Waals surface area contributed by atoms with Crippen molar-refractivity contribution in [3.63, 3.8) is 0 Å². The van der Waals surface area contributed by atoms with E-state index in [0.29, 0.717) is 31.9 Å². The first kappa shape index (κ1) is 23.2. The summed E-state index contributed by atoms with van der Waals surface area (Å²) < 4.78 is 12.5. The molecule has 174 valence electrons. The van der Waals surface area contributed by atoms with Gasteiger partial charge in [0.05, 0.1) is 41.1 Å². The van der Waals surface area contributed by atoms with E-state index in [-0.39, 0.29) is 17.7 Å². The molecule has 0 saturated heterocycles. The molecule has 0 radical (unpaired) electrons. The summed E-state index contributed by atoms with van der Waals surface area (Å²) >= 11 is 1.21. The quantitative estimate of drug-likeness (QED) is 0.546. The molecule has 3 aromatic rings. The first-order chi connectivity index (χ1) is 16.3. The Kier molecular flexibility index (Phi) is 6.47. The van der Waals surface area contributed by atoms with Gasteiger partial charge in [-0.15, -0.1) is 0 Å². The number of carbonyl (C=O) groups excluding carboxylic acids is 1. The molecule has 1 aliphatic heterocycles. The lowest BCUT2D eigenvalue weighted by atomic mass is 9.96. The zero-order valence-corrected chi connectivity index (χ0v) is 19.6. The maximum absolute atomic E-state index is 13.5. The van der Waals surface area contributed by atoms with E-state index in [0.717, 1.165) is 5.56 Å². The predicted octanol–water partition coefficient (Wildman–Crippen LogP) is 2.51. The average Bonchev–Trinajstić information content (AvgIpc) is 3.13. The number of aromatic nitrogens is 1. The van der Waals surface area contributed by atoms with Gasteiger partial charge in [0.2, 0.25) is 0 Å². The highest BCUT2D eigenvalue weighted by Gasteiger charge is 2.33. The van der Waals surface area contributed by atoms with Gasteiger partial charge in [-0.2, -0.15) is 0 Å². The van der Waals surface area contributed by atoms with Gasteiger partial charge < -0.3 is 14.6 Å². The van der Waals surface area contributed by atoms with Gasteiger partial charge in [-0.05, 0) is 55.3 Å². The summed E-state index contributed by atoms with van der Waals surface area (Å²) in [6, 6.07) is 12.7. The highest BCUT2D eigenvalue weighted by Crippen LogP contribution is 2.31. The van der Waals surface area contributed by atoms with E-state index in [4.69, 9.17) is 14.6 Å². The SMILES string of the molecule is CCOC(=O)C1=C(C)N=c2s/c(=C/c3ccc(C(=O)O)cc3)c(=O)n2[C@@H]1c1ccc(OC)cc1. The van der Waals surface area contributed by atoms with Crippen LogP contribution < -0.4 is 19.6 Å². The molecule has 0 amide bonds. The third kappa shape index (κ3) is 4.29. The number of hydrogen-bond acceptors (Lipinski definition) is 7. The van der Waals surface area contributed by atoms with Crippen LogP contribution in [0, 0.1) is 0 Å². The van der Waals surface area contributed by atoms with Crippen LogP contribution in [0.25, 0.3) is 6.08 Å².